The number of methoxy groups -OCH3 is 1. The molecule has 1 aliphatic rings. The molecule has 4 heteroatoms. The first-order valence-electron chi connectivity index (χ1n) is 8.76. The Bertz CT molecular complexity index is 903. The van der Waals surface area contributed by atoms with E-state index >= 15 is 0 Å². The van der Waals surface area contributed by atoms with Crippen molar-refractivity contribution in [3.05, 3.63) is 93.2 Å². The fraction of sp³-hybridized carbons (Fsp3) is 0.227. The van der Waals surface area contributed by atoms with Gasteiger partial charge in [-0.25, -0.2) is 4.79 Å². The Hall–Kier alpha value is -2.43. The molecule has 0 saturated heterocycles. The SMILES string of the molecule is COC(=O)c1ccccc1CN1Cc2sccc2C(c2ccccc2)C1. The molecule has 0 saturated carbocycles. The third kappa shape index (κ3) is 3.30. The van der Waals surface area contributed by atoms with Crippen LogP contribution in [0.4, 0.5) is 0 Å². The van der Waals surface area contributed by atoms with Crippen LogP contribution in [0, 0.1) is 0 Å². The van der Waals surface area contributed by atoms with Crippen molar-refractivity contribution in [2.75, 3.05) is 13.7 Å². The van der Waals surface area contributed by atoms with E-state index in [0.717, 1.165) is 25.2 Å². The Morgan fingerprint density at radius 2 is 1.88 bits per heavy atom. The fourth-order valence-electron chi connectivity index (χ4n) is 3.71. The summed E-state index contributed by atoms with van der Waals surface area (Å²) in [5.41, 5.74) is 4.46. The number of carbonyl (C=O) groups is 1. The summed E-state index contributed by atoms with van der Waals surface area (Å²) in [6.07, 6.45) is 0. The molecule has 0 N–H and O–H groups in total. The molecule has 0 amide bonds. The third-order valence-electron chi connectivity index (χ3n) is 4.98. The molecule has 1 unspecified atom stereocenters. The summed E-state index contributed by atoms with van der Waals surface area (Å²) in [6.45, 7) is 2.61. The minimum atomic E-state index is -0.269. The van der Waals surface area contributed by atoms with Crippen molar-refractivity contribution in [2.24, 2.45) is 0 Å². The van der Waals surface area contributed by atoms with Gasteiger partial charge in [-0.3, -0.25) is 4.90 Å². The van der Waals surface area contributed by atoms with Gasteiger partial charge in [-0.1, -0.05) is 48.5 Å². The first kappa shape index (κ1) is 17.0. The topological polar surface area (TPSA) is 29.5 Å². The first-order valence-corrected chi connectivity index (χ1v) is 9.64. The highest BCUT2D eigenvalue weighted by atomic mass is 32.1. The molecule has 26 heavy (non-hydrogen) atoms. The summed E-state index contributed by atoms with van der Waals surface area (Å²) >= 11 is 1.82. The minimum Gasteiger partial charge on any atom is -0.465 e. The van der Waals surface area contributed by atoms with E-state index in [2.05, 4.69) is 46.7 Å². The van der Waals surface area contributed by atoms with Gasteiger partial charge in [0.1, 0.15) is 0 Å². The number of thiophene rings is 1. The van der Waals surface area contributed by atoms with Gasteiger partial charge in [0.2, 0.25) is 0 Å². The molecule has 2 aromatic carbocycles. The van der Waals surface area contributed by atoms with Crippen molar-refractivity contribution in [2.45, 2.75) is 19.0 Å². The van der Waals surface area contributed by atoms with Crippen LogP contribution < -0.4 is 0 Å². The Kier molecular flexibility index (Phi) is 4.87. The van der Waals surface area contributed by atoms with E-state index < -0.39 is 0 Å². The summed E-state index contributed by atoms with van der Waals surface area (Å²) in [4.78, 5) is 15.9. The summed E-state index contributed by atoms with van der Waals surface area (Å²) in [7, 11) is 1.43. The molecule has 0 fully saturated rings. The van der Waals surface area contributed by atoms with Crippen LogP contribution in [-0.4, -0.2) is 24.5 Å². The average molecular weight is 363 g/mol. The molecule has 0 spiro atoms. The van der Waals surface area contributed by atoms with E-state index in [4.69, 9.17) is 4.74 Å². The second-order valence-electron chi connectivity index (χ2n) is 6.58. The lowest BCUT2D eigenvalue weighted by molar-refractivity contribution is 0.0598. The van der Waals surface area contributed by atoms with Crippen molar-refractivity contribution < 1.29 is 9.53 Å². The van der Waals surface area contributed by atoms with Crippen molar-refractivity contribution in [1.29, 1.82) is 0 Å². The maximum absolute atomic E-state index is 12.1. The van der Waals surface area contributed by atoms with Gasteiger partial charge in [-0.05, 0) is 34.2 Å². The van der Waals surface area contributed by atoms with Crippen LogP contribution >= 0.6 is 11.3 Å². The minimum absolute atomic E-state index is 0.269. The molecule has 3 aromatic rings. The lowest BCUT2D eigenvalue weighted by Crippen LogP contribution is -2.33. The maximum Gasteiger partial charge on any atom is 0.338 e. The monoisotopic (exact) mass is 363 g/mol. The predicted molar refractivity (Wildman–Crippen MR) is 104 cm³/mol. The molecule has 1 atom stereocenters. The number of esters is 1. The zero-order valence-electron chi connectivity index (χ0n) is 14.7. The van der Waals surface area contributed by atoms with Gasteiger partial charge in [0.25, 0.3) is 0 Å². The van der Waals surface area contributed by atoms with E-state index in [-0.39, 0.29) is 5.97 Å². The van der Waals surface area contributed by atoms with E-state index in [1.54, 1.807) is 0 Å². The Morgan fingerprint density at radius 3 is 2.69 bits per heavy atom. The smallest absolute Gasteiger partial charge is 0.338 e. The van der Waals surface area contributed by atoms with Crippen molar-refractivity contribution in [1.82, 2.24) is 4.90 Å². The summed E-state index contributed by atoms with van der Waals surface area (Å²) in [6, 6.07) is 20.7. The average Bonchev–Trinajstić information content (AvgIpc) is 3.16. The number of nitrogens with zero attached hydrogens (tertiary/aromatic N) is 1. The molecule has 2 heterocycles. The van der Waals surface area contributed by atoms with E-state index in [0.29, 0.717) is 11.5 Å². The van der Waals surface area contributed by atoms with Crippen LogP contribution in [0.2, 0.25) is 0 Å². The Morgan fingerprint density at radius 1 is 1.12 bits per heavy atom. The van der Waals surface area contributed by atoms with Crippen LogP contribution in [0.15, 0.2) is 66.0 Å². The van der Waals surface area contributed by atoms with Crippen LogP contribution in [0.5, 0.6) is 0 Å². The number of carbonyl (C=O) groups excluding carboxylic acids is 1. The lowest BCUT2D eigenvalue weighted by Gasteiger charge is -2.33. The van der Waals surface area contributed by atoms with Crippen LogP contribution in [0.3, 0.4) is 0 Å². The molecule has 0 aliphatic carbocycles. The highest BCUT2D eigenvalue weighted by Gasteiger charge is 2.28. The molecule has 0 radical (unpaired) electrons. The number of fused-ring (bicyclic) bond motifs is 1. The second-order valence-corrected chi connectivity index (χ2v) is 7.58. The first-order chi connectivity index (χ1) is 12.8. The molecular weight excluding hydrogens is 342 g/mol. The van der Waals surface area contributed by atoms with Crippen LogP contribution in [-0.2, 0) is 17.8 Å². The zero-order valence-corrected chi connectivity index (χ0v) is 15.5. The summed E-state index contributed by atoms with van der Waals surface area (Å²) < 4.78 is 4.95. The van der Waals surface area contributed by atoms with Gasteiger partial charge in [0.05, 0.1) is 12.7 Å². The second kappa shape index (κ2) is 7.44. The molecule has 0 bridgehead atoms. The van der Waals surface area contributed by atoms with Gasteiger partial charge in [-0.2, -0.15) is 0 Å². The zero-order chi connectivity index (χ0) is 17.9. The number of ether oxygens (including phenoxy) is 1. The van der Waals surface area contributed by atoms with Gasteiger partial charge >= 0.3 is 5.97 Å². The summed E-state index contributed by atoms with van der Waals surface area (Å²) in [5, 5.41) is 2.19. The number of benzene rings is 2. The van der Waals surface area contributed by atoms with Gasteiger partial charge in [0, 0.05) is 30.4 Å². The summed E-state index contributed by atoms with van der Waals surface area (Å²) in [5.74, 6) is 0.102. The van der Waals surface area contributed by atoms with E-state index in [1.165, 1.54) is 23.1 Å². The van der Waals surface area contributed by atoms with Gasteiger partial charge < -0.3 is 4.74 Å². The number of rotatable bonds is 4. The molecular formula is C22H21NO2S. The van der Waals surface area contributed by atoms with Crippen molar-refractivity contribution in [3.8, 4) is 0 Å². The normalized spacial score (nSPS) is 16.9. The number of hydrogen-bond acceptors (Lipinski definition) is 4. The number of hydrogen-bond donors (Lipinski definition) is 0. The Balaban J connectivity index is 1.63. The van der Waals surface area contributed by atoms with Crippen LogP contribution in [0.25, 0.3) is 0 Å². The van der Waals surface area contributed by atoms with Gasteiger partial charge in [-0.15, -0.1) is 11.3 Å². The third-order valence-corrected chi connectivity index (χ3v) is 5.90. The van der Waals surface area contributed by atoms with Gasteiger partial charge in [0.15, 0.2) is 0 Å². The quantitative estimate of drug-likeness (QED) is 0.630. The highest BCUT2D eigenvalue weighted by molar-refractivity contribution is 7.10. The molecule has 4 rings (SSSR count). The standard InChI is InChI=1S/C22H21NO2S/c1-25-22(24)18-10-6-5-9-17(18)13-23-14-20(16-7-3-2-4-8-16)19-11-12-26-21(19)15-23/h2-12,20H,13-15H2,1H3. The molecule has 3 nitrogen and oxygen atoms in total. The fourth-order valence-corrected chi connectivity index (χ4v) is 4.70. The maximum atomic E-state index is 12.1. The van der Waals surface area contributed by atoms with Crippen molar-refractivity contribution in [3.63, 3.8) is 0 Å². The lowest BCUT2D eigenvalue weighted by atomic mass is 9.88. The largest absolute Gasteiger partial charge is 0.465 e. The van der Waals surface area contributed by atoms with Crippen LogP contribution in [0.1, 0.15) is 37.8 Å². The highest BCUT2D eigenvalue weighted by Crippen LogP contribution is 2.37. The molecule has 1 aliphatic heterocycles. The van der Waals surface area contributed by atoms with E-state index in [1.807, 2.05) is 35.6 Å². The molecule has 132 valence electrons. The van der Waals surface area contributed by atoms with E-state index in [9.17, 15) is 4.79 Å². The predicted octanol–water partition coefficient (Wildman–Crippen LogP) is 4.68. The Labute approximate surface area is 157 Å². The molecule has 1 aromatic heterocycles. The van der Waals surface area contributed by atoms with Crippen molar-refractivity contribution >= 4 is 17.3 Å².